The molecule has 0 aliphatic carbocycles. The molecule has 11 heavy (non-hydrogen) atoms. The lowest BCUT2D eigenvalue weighted by Crippen LogP contribution is -1.86. The number of halogens is 1. The maximum absolute atomic E-state index is 8.52. The van der Waals surface area contributed by atoms with Crippen molar-refractivity contribution in [1.29, 1.82) is 0 Å². The number of aromatic nitrogens is 1. The van der Waals surface area contributed by atoms with E-state index >= 15 is 0 Å². The summed E-state index contributed by atoms with van der Waals surface area (Å²) in [4.78, 5) is 4.12. The fourth-order valence-electron chi connectivity index (χ4n) is 0.598. The van der Waals surface area contributed by atoms with Crippen LogP contribution in [0, 0.1) is 0 Å². The van der Waals surface area contributed by atoms with Gasteiger partial charge in [-0.3, -0.25) is 0 Å². The van der Waals surface area contributed by atoms with Crippen LogP contribution in [0.2, 0.25) is 0 Å². The highest BCUT2D eigenvalue weighted by molar-refractivity contribution is 9.10. The molecule has 0 atom stereocenters. The molecular formula is C7H8BrNOS. The first kappa shape index (κ1) is 9.03. The van der Waals surface area contributed by atoms with E-state index in [1.54, 1.807) is 18.0 Å². The first-order chi connectivity index (χ1) is 5.33. The average Bonchev–Trinajstić information content (AvgIpc) is 2.04. The number of thioether (sulfide) groups is 1. The van der Waals surface area contributed by atoms with Crippen LogP contribution < -0.4 is 0 Å². The topological polar surface area (TPSA) is 33.1 Å². The van der Waals surface area contributed by atoms with Crippen LogP contribution in [0.5, 0.6) is 0 Å². The van der Waals surface area contributed by atoms with Crippen LogP contribution in [0.15, 0.2) is 27.8 Å². The number of aliphatic hydroxyl groups is 1. The highest BCUT2D eigenvalue weighted by Gasteiger charge is 1.93. The lowest BCUT2D eigenvalue weighted by molar-refractivity contribution is 0.322. The van der Waals surface area contributed by atoms with Crippen molar-refractivity contribution in [2.45, 2.75) is 5.03 Å². The molecule has 1 N–H and O–H groups in total. The van der Waals surface area contributed by atoms with Gasteiger partial charge in [-0.1, -0.05) is 0 Å². The number of hydrogen-bond acceptors (Lipinski definition) is 3. The van der Waals surface area contributed by atoms with E-state index in [9.17, 15) is 0 Å². The van der Waals surface area contributed by atoms with Crippen molar-refractivity contribution < 1.29 is 5.11 Å². The third kappa shape index (κ3) is 3.22. The Morgan fingerprint density at radius 1 is 1.55 bits per heavy atom. The summed E-state index contributed by atoms with van der Waals surface area (Å²) in [5.74, 6) is 0.703. The van der Waals surface area contributed by atoms with Crippen LogP contribution in [0.4, 0.5) is 0 Å². The summed E-state index contributed by atoms with van der Waals surface area (Å²) in [5, 5.41) is 9.47. The molecule has 0 aromatic carbocycles. The van der Waals surface area contributed by atoms with Crippen molar-refractivity contribution in [2.75, 3.05) is 12.4 Å². The summed E-state index contributed by atoms with van der Waals surface area (Å²) < 4.78 is 0.978. The van der Waals surface area contributed by atoms with Crippen molar-refractivity contribution in [1.82, 2.24) is 4.98 Å². The van der Waals surface area contributed by atoms with Gasteiger partial charge in [0.05, 0.1) is 11.6 Å². The Labute approximate surface area is 78.2 Å². The van der Waals surface area contributed by atoms with Crippen molar-refractivity contribution in [3.63, 3.8) is 0 Å². The Hall–Kier alpha value is -0.0600. The number of rotatable bonds is 3. The van der Waals surface area contributed by atoms with Crippen LogP contribution in [0.25, 0.3) is 0 Å². The smallest absolute Gasteiger partial charge is 0.0961 e. The molecule has 1 aromatic rings. The maximum atomic E-state index is 8.52. The molecular weight excluding hydrogens is 226 g/mol. The second kappa shape index (κ2) is 4.74. The molecule has 0 aliphatic heterocycles. The Balaban J connectivity index is 2.52. The number of nitrogens with zero attached hydrogens (tertiary/aromatic N) is 1. The van der Waals surface area contributed by atoms with E-state index in [1.165, 1.54) is 0 Å². The van der Waals surface area contributed by atoms with Gasteiger partial charge in [-0.2, -0.15) is 0 Å². The van der Waals surface area contributed by atoms with E-state index in [4.69, 9.17) is 5.11 Å². The second-order valence-corrected chi connectivity index (χ2v) is 3.92. The van der Waals surface area contributed by atoms with Crippen LogP contribution >= 0.6 is 27.7 Å². The Morgan fingerprint density at radius 3 is 2.91 bits per heavy atom. The fourth-order valence-corrected chi connectivity index (χ4v) is 1.42. The molecule has 0 fully saturated rings. The van der Waals surface area contributed by atoms with Crippen molar-refractivity contribution in [3.05, 3.63) is 22.8 Å². The molecule has 1 aromatic heterocycles. The minimum atomic E-state index is 0.197. The van der Waals surface area contributed by atoms with Crippen molar-refractivity contribution in [3.8, 4) is 0 Å². The highest BCUT2D eigenvalue weighted by atomic mass is 79.9. The zero-order chi connectivity index (χ0) is 8.10. The zero-order valence-corrected chi connectivity index (χ0v) is 8.23. The van der Waals surface area contributed by atoms with E-state index in [-0.39, 0.29) is 6.61 Å². The SMILES string of the molecule is OCCSc1ccc(Br)cn1. The minimum absolute atomic E-state index is 0.197. The zero-order valence-electron chi connectivity index (χ0n) is 5.83. The van der Waals surface area contributed by atoms with Crippen LogP contribution in [-0.4, -0.2) is 22.5 Å². The summed E-state index contributed by atoms with van der Waals surface area (Å²) in [7, 11) is 0. The van der Waals surface area contributed by atoms with Crippen LogP contribution in [-0.2, 0) is 0 Å². The maximum Gasteiger partial charge on any atom is 0.0961 e. The molecule has 2 nitrogen and oxygen atoms in total. The number of pyridine rings is 1. The van der Waals surface area contributed by atoms with Gasteiger partial charge in [0.25, 0.3) is 0 Å². The second-order valence-electron chi connectivity index (χ2n) is 1.89. The first-order valence-corrected chi connectivity index (χ1v) is 4.96. The van der Waals surface area contributed by atoms with Crippen LogP contribution in [0.1, 0.15) is 0 Å². The van der Waals surface area contributed by atoms with E-state index < -0.39 is 0 Å². The summed E-state index contributed by atoms with van der Waals surface area (Å²) >= 11 is 4.84. The van der Waals surface area contributed by atoms with Gasteiger partial charge in [0.1, 0.15) is 0 Å². The van der Waals surface area contributed by atoms with E-state index in [0.29, 0.717) is 5.75 Å². The fraction of sp³-hybridized carbons (Fsp3) is 0.286. The van der Waals surface area contributed by atoms with Crippen molar-refractivity contribution in [2.24, 2.45) is 0 Å². The monoisotopic (exact) mass is 233 g/mol. The molecule has 4 heteroatoms. The summed E-state index contributed by atoms with van der Waals surface area (Å²) in [5.41, 5.74) is 0. The van der Waals surface area contributed by atoms with Gasteiger partial charge in [-0.15, -0.1) is 11.8 Å². The van der Waals surface area contributed by atoms with Gasteiger partial charge < -0.3 is 5.11 Å². The third-order valence-electron chi connectivity index (χ3n) is 1.04. The van der Waals surface area contributed by atoms with E-state index in [1.807, 2.05) is 12.1 Å². The lowest BCUT2D eigenvalue weighted by Gasteiger charge is -1.96. The Kier molecular flexibility index (Phi) is 3.90. The normalized spacial score (nSPS) is 10.0. The Morgan fingerprint density at radius 2 is 2.36 bits per heavy atom. The third-order valence-corrected chi connectivity index (χ3v) is 2.43. The van der Waals surface area contributed by atoms with Gasteiger partial charge >= 0.3 is 0 Å². The van der Waals surface area contributed by atoms with E-state index in [0.717, 1.165) is 9.50 Å². The minimum Gasteiger partial charge on any atom is -0.396 e. The number of aliphatic hydroxyl groups excluding tert-OH is 1. The van der Waals surface area contributed by atoms with Gasteiger partial charge in [-0.05, 0) is 28.1 Å². The molecule has 1 heterocycles. The van der Waals surface area contributed by atoms with Crippen molar-refractivity contribution >= 4 is 27.7 Å². The molecule has 0 unspecified atom stereocenters. The average molecular weight is 234 g/mol. The largest absolute Gasteiger partial charge is 0.396 e. The standard InChI is InChI=1S/C7H8BrNOS/c8-6-1-2-7(9-5-6)11-4-3-10/h1-2,5,10H,3-4H2. The predicted octanol–water partition coefficient (Wildman–Crippen LogP) is 1.93. The van der Waals surface area contributed by atoms with Gasteiger partial charge in [0.2, 0.25) is 0 Å². The highest BCUT2D eigenvalue weighted by Crippen LogP contribution is 2.16. The summed E-state index contributed by atoms with van der Waals surface area (Å²) in [6.45, 7) is 0.197. The predicted molar refractivity (Wildman–Crippen MR) is 49.7 cm³/mol. The molecule has 0 aliphatic rings. The molecule has 1 rings (SSSR count). The Bertz CT molecular complexity index is 214. The molecule has 0 bridgehead atoms. The molecule has 0 saturated heterocycles. The molecule has 0 amide bonds. The summed E-state index contributed by atoms with van der Waals surface area (Å²) in [6.07, 6.45) is 1.75. The number of hydrogen-bond donors (Lipinski definition) is 1. The molecule has 0 spiro atoms. The molecule has 0 saturated carbocycles. The lowest BCUT2D eigenvalue weighted by atomic mass is 10.5. The summed E-state index contributed by atoms with van der Waals surface area (Å²) in [6, 6.07) is 3.86. The molecule has 60 valence electrons. The molecule has 0 radical (unpaired) electrons. The van der Waals surface area contributed by atoms with Crippen LogP contribution in [0.3, 0.4) is 0 Å². The quantitative estimate of drug-likeness (QED) is 0.811. The van der Waals surface area contributed by atoms with Gasteiger partial charge in [0.15, 0.2) is 0 Å². The van der Waals surface area contributed by atoms with E-state index in [2.05, 4.69) is 20.9 Å². The van der Waals surface area contributed by atoms with Gasteiger partial charge in [-0.25, -0.2) is 4.98 Å². The van der Waals surface area contributed by atoms with Gasteiger partial charge in [0, 0.05) is 16.4 Å². The first-order valence-electron chi connectivity index (χ1n) is 3.18.